The van der Waals surface area contributed by atoms with Gasteiger partial charge < -0.3 is 40.0 Å². The molecule has 4 N–H and O–H groups in total. The van der Waals surface area contributed by atoms with Crippen LogP contribution in [0, 0.1) is 18.3 Å². The van der Waals surface area contributed by atoms with E-state index in [0.29, 0.717) is 39.4 Å². The Balaban J connectivity index is 1.22. The van der Waals surface area contributed by atoms with Crippen molar-refractivity contribution in [2.45, 2.75) is 122 Å². The molecule has 2 aromatic carbocycles. The Bertz CT molecular complexity index is 2380. The van der Waals surface area contributed by atoms with E-state index >= 15 is 0 Å². The third-order valence-electron chi connectivity index (χ3n) is 12.1. The number of methoxy groups -OCH3 is 1. The summed E-state index contributed by atoms with van der Waals surface area (Å²) in [6, 6.07) is 12.6. The smallest absolute Gasteiger partial charge is 0.408 e. The van der Waals surface area contributed by atoms with Gasteiger partial charge >= 0.3 is 6.09 Å². The van der Waals surface area contributed by atoms with E-state index in [1.807, 2.05) is 95.5 Å². The van der Waals surface area contributed by atoms with E-state index in [1.54, 1.807) is 13.2 Å². The minimum Gasteiger partial charge on any atom is -0.497 e. The zero-order valence-electron chi connectivity index (χ0n) is 36.6. The minimum absolute atomic E-state index is 0.0187. The van der Waals surface area contributed by atoms with Crippen molar-refractivity contribution in [3.8, 4) is 22.9 Å². The number of benzene rings is 2. The number of ether oxygens (including phenoxy) is 3. The molecule has 14 nitrogen and oxygen atoms in total. The number of amides is 3. The monoisotopic (exact) mass is 886 g/mol. The molecular formula is C46H59N6O8PS. The second-order valence-electron chi connectivity index (χ2n) is 18.2. The molecule has 3 fully saturated rings. The minimum atomic E-state index is -4.11. The van der Waals surface area contributed by atoms with E-state index < -0.39 is 60.1 Å². The number of carbonyl (C=O) groups excluding carboxylic acids is 3. The number of carbonyl (C=O) groups is 3. The molecule has 4 aromatic rings. The van der Waals surface area contributed by atoms with Crippen molar-refractivity contribution in [1.29, 1.82) is 0 Å². The molecule has 2 unspecified atom stereocenters. The molecule has 0 radical (unpaired) electrons. The lowest BCUT2D eigenvalue weighted by Gasteiger charge is -2.36. The van der Waals surface area contributed by atoms with Gasteiger partial charge in [0.1, 0.15) is 46.8 Å². The first-order chi connectivity index (χ1) is 29.4. The second kappa shape index (κ2) is 18.0. The molecule has 7 rings (SSSR count). The van der Waals surface area contributed by atoms with Crippen LogP contribution in [0.4, 0.5) is 9.93 Å². The Hall–Kier alpha value is -4.98. The highest BCUT2D eigenvalue weighted by Gasteiger charge is 2.66. The number of hydrogen-bond acceptors (Lipinski definition) is 11. The Morgan fingerprint density at radius 3 is 2.48 bits per heavy atom. The second-order valence-corrected chi connectivity index (χ2v) is 21.6. The molecule has 62 heavy (non-hydrogen) atoms. The van der Waals surface area contributed by atoms with Gasteiger partial charge in [0, 0.05) is 41.3 Å². The van der Waals surface area contributed by atoms with Gasteiger partial charge in [0.15, 0.2) is 5.13 Å². The normalized spacial score (nSPS) is 22.8. The van der Waals surface area contributed by atoms with Crippen LogP contribution in [-0.2, 0) is 25.1 Å². The van der Waals surface area contributed by atoms with Crippen LogP contribution in [0.3, 0.4) is 0 Å². The van der Waals surface area contributed by atoms with Crippen LogP contribution in [0.2, 0.25) is 0 Å². The van der Waals surface area contributed by atoms with E-state index in [-0.39, 0.29) is 37.7 Å². The van der Waals surface area contributed by atoms with Gasteiger partial charge in [-0.25, -0.2) is 14.8 Å². The highest BCUT2D eigenvalue weighted by molar-refractivity contribution is 7.59. The van der Waals surface area contributed by atoms with Crippen molar-refractivity contribution in [2.75, 3.05) is 19.0 Å². The van der Waals surface area contributed by atoms with Crippen molar-refractivity contribution in [3.63, 3.8) is 0 Å². The highest BCUT2D eigenvalue weighted by atomic mass is 32.1. The number of pyridine rings is 1. The number of anilines is 1. The quantitative estimate of drug-likeness (QED) is 0.0665. The summed E-state index contributed by atoms with van der Waals surface area (Å²) in [6.45, 7) is 15.4. The SMILES string of the molecule is C=C[C@@H]1C[C@]1(NC(=O)[C@@H]1CC(Oc2cc(-c3csc(NC(C)C)n3)nc3cc(OC)ccc23)CN1C(=O)[C@@H](NC(=O)OC1CCCC1)C(C)(C)C)P(=O)(O)Cc1ccccc1C. The van der Waals surface area contributed by atoms with Gasteiger partial charge in [-0.1, -0.05) is 51.1 Å². The Morgan fingerprint density at radius 1 is 1.08 bits per heavy atom. The van der Waals surface area contributed by atoms with E-state index in [9.17, 15) is 23.8 Å². The van der Waals surface area contributed by atoms with E-state index in [2.05, 4.69) is 22.5 Å². The van der Waals surface area contributed by atoms with E-state index in [1.165, 1.54) is 16.2 Å². The van der Waals surface area contributed by atoms with Gasteiger partial charge in [-0.15, -0.1) is 17.9 Å². The molecule has 332 valence electrons. The summed E-state index contributed by atoms with van der Waals surface area (Å²) in [7, 11) is -2.53. The fraction of sp³-hybridized carbons (Fsp3) is 0.500. The summed E-state index contributed by atoms with van der Waals surface area (Å²) in [6.07, 6.45) is 3.56. The number of aromatic nitrogens is 2. The number of nitrogens with zero attached hydrogens (tertiary/aromatic N) is 3. The van der Waals surface area contributed by atoms with Crippen molar-refractivity contribution in [2.24, 2.45) is 11.3 Å². The summed E-state index contributed by atoms with van der Waals surface area (Å²) in [5, 5.41) is 11.0. The molecule has 2 aliphatic carbocycles. The van der Waals surface area contributed by atoms with Gasteiger partial charge in [-0.2, -0.15) is 0 Å². The summed E-state index contributed by atoms with van der Waals surface area (Å²) < 4.78 is 32.5. The Kier molecular flexibility index (Phi) is 13.1. The molecule has 1 aliphatic heterocycles. The molecule has 16 heteroatoms. The maximum absolute atomic E-state index is 14.9. The lowest BCUT2D eigenvalue weighted by Crippen LogP contribution is -2.58. The molecule has 0 spiro atoms. The van der Waals surface area contributed by atoms with Crippen LogP contribution < -0.4 is 25.4 Å². The molecular weight excluding hydrogens is 828 g/mol. The molecule has 2 saturated carbocycles. The third-order valence-corrected chi connectivity index (χ3v) is 15.5. The van der Waals surface area contributed by atoms with E-state index in [4.69, 9.17) is 24.2 Å². The molecule has 3 heterocycles. The first kappa shape index (κ1) is 45.1. The van der Waals surface area contributed by atoms with Gasteiger partial charge in [-0.05, 0) is 81.5 Å². The topological polar surface area (TPSA) is 181 Å². The van der Waals surface area contributed by atoms with Gasteiger partial charge in [0.25, 0.3) is 0 Å². The van der Waals surface area contributed by atoms with Crippen LogP contribution in [0.15, 0.2) is 66.6 Å². The Morgan fingerprint density at radius 2 is 1.82 bits per heavy atom. The van der Waals surface area contributed by atoms with Crippen LogP contribution in [0.5, 0.6) is 11.5 Å². The molecule has 0 bridgehead atoms. The van der Waals surface area contributed by atoms with Crippen molar-refractivity contribution >= 4 is 52.6 Å². The van der Waals surface area contributed by atoms with Crippen LogP contribution >= 0.6 is 18.7 Å². The lowest BCUT2D eigenvalue weighted by molar-refractivity contribution is -0.142. The average molecular weight is 887 g/mol. The number of thiazole rings is 1. The third kappa shape index (κ3) is 9.65. The first-order valence-electron chi connectivity index (χ1n) is 21.4. The molecule has 2 aromatic heterocycles. The number of hydrogen-bond donors (Lipinski definition) is 4. The summed E-state index contributed by atoms with van der Waals surface area (Å²) in [5.41, 5.74) is 2.58. The summed E-state index contributed by atoms with van der Waals surface area (Å²) in [4.78, 5) is 66.0. The fourth-order valence-electron chi connectivity index (χ4n) is 8.56. The highest BCUT2D eigenvalue weighted by Crippen LogP contribution is 2.71. The van der Waals surface area contributed by atoms with Gasteiger partial charge in [0.2, 0.25) is 19.2 Å². The maximum Gasteiger partial charge on any atom is 0.408 e. The molecule has 3 aliphatic rings. The summed E-state index contributed by atoms with van der Waals surface area (Å²) in [5.74, 6) is -0.482. The van der Waals surface area contributed by atoms with E-state index in [0.717, 1.165) is 36.4 Å². The van der Waals surface area contributed by atoms with Crippen LogP contribution in [0.1, 0.15) is 84.3 Å². The largest absolute Gasteiger partial charge is 0.497 e. The fourth-order valence-corrected chi connectivity index (χ4v) is 11.9. The predicted molar refractivity (Wildman–Crippen MR) is 242 cm³/mol. The first-order valence-corrected chi connectivity index (χ1v) is 24.1. The standard InChI is InChI=1S/C46H59N6O8PS/c1-9-30-23-46(30,61(56,57)25-29-15-11-10-14-28(29)4)51-41(53)38-21-33(24-52(38)42(54)40(45(5,6)7)50-44(55)60-31-16-12-13-17-31)59-39-22-36(37-26-62-43(49-37)47-27(2)3)48-35-20-32(58-8)18-19-34(35)39/h9-11,14-15,18-20,22,26-27,30-31,33,38,40H,1,12-13,16-17,21,23-25H2,2-8H3,(H,47,49)(H,50,55)(H,51,53)(H,56,57)/t30-,33?,38+,40-,46+/m1/s1. The number of alkyl carbamates (subject to hydrolysis) is 1. The number of fused-ring (bicyclic) bond motifs is 1. The zero-order chi connectivity index (χ0) is 44.6. The van der Waals surface area contributed by atoms with Gasteiger partial charge in [0.05, 0.1) is 31.0 Å². The van der Waals surface area contributed by atoms with Crippen LogP contribution in [0.25, 0.3) is 22.3 Å². The van der Waals surface area contributed by atoms with Crippen LogP contribution in [-0.4, -0.2) is 86.9 Å². The molecule has 1 saturated heterocycles. The number of aryl methyl sites for hydroxylation is 1. The zero-order valence-corrected chi connectivity index (χ0v) is 38.3. The summed E-state index contributed by atoms with van der Waals surface area (Å²) >= 11 is 1.46. The Labute approximate surface area is 367 Å². The van der Waals surface area contributed by atoms with Crippen molar-refractivity contribution < 1.29 is 38.1 Å². The van der Waals surface area contributed by atoms with Gasteiger partial charge in [-0.3, -0.25) is 14.2 Å². The van der Waals surface area contributed by atoms with Crippen molar-refractivity contribution in [1.82, 2.24) is 25.5 Å². The average Bonchev–Trinajstić information content (AvgIpc) is 3.61. The predicted octanol–water partition coefficient (Wildman–Crippen LogP) is 8.42. The number of likely N-dealkylation sites (tertiary alicyclic amines) is 1. The maximum atomic E-state index is 14.9. The molecule has 6 atom stereocenters. The number of rotatable bonds is 15. The number of nitrogens with one attached hydrogen (secondary N) is 3. The molecule has 3 amide bonds. The lowest BCUT2D eigenvalue weighted by atomic mass is 9.85. The van der Waals surface area contributed by atoms with Crippen molar-refractivity contribution in [3.05, 3.63) is 77.7 Å².